The number of likely N-dealkylation sites (N-methyl/N-ethyl adjacent to an activating group) is 1. The lowest BCUT2D eigenvalue weighted by molar-refractivity contribution is -0.181. The highest BCUT2D eigenvalue weighted by molar-refractivity contribution is 5.24. The van der Waals surface area contributed by atoms with Crippen LogP contribution >= 0.6 is 0 Å². The highest BCUT2D eigenvalue weighted by Crippen LogP contribution is 2.25. The fraction of sp³-hybridized carbons (Fsp3) is 0.333. The second-order valence-electron chi connectivity index (χ2n) is 4.91. The molecule has 112 valence electrons. The summed E-state index contributed by atoms with van der Waals surface area (Å²) in [7, 11) is 0. The lowest BCUT2D eigenvalue weighted by Crippen LogP contribution is -2.30. The number of rotatable bonds is 7. The smallest absolute Gasteiger partial charge is 0.123 e. The molecule has 1 atom stereocenters. The SMILES string of the molecule is CCON(CC)C(Cc1ccccc1)c1ccc(F)cc1. The van der Waals surface area contributed by atoms with Crippen LogP contribution in [-0.4, -0.2) is 18.2 Å². The fourth-order valence-electron chi connectivity index (χ4n) is 2.48. The molecule has 2 aromatic carbocycles. The van der Waals surface area contributed by atoms with Gasteiger partial charge in [0, 0.05) is 6.54 Å². The van der Waals surface area contributed by atoms with E-state index in [-0.39, 0.29) is 11.9 Å². The summed E-state index contributed by atoms with van der Waals surface area (Å²) in [5, 5.41) is 1.97. The van der Waals surface area contributed by atoms with Crippen LogP contribution in [0.15, 0.2) is 54.6 Å². The zero-order chi connectivity index (χ0) is 15.1. The highest BCUT2D eigenvalue weighted by atomic mass is 19.1. The summed E-state index contributed by atoms with van der Waals surface area (Å²) in [6.45, 7) is 5.45. The molecular weight excluding hydrogens is 265 g/mol. The summed E-state index contributed by atoms with van der Waals surface area (Å²) in [6.07, 6.45) is 0.834. The number of halogens is 1. The molecule has 0 saturated carbocycles. The van der Waals surface area contributed by atoms with Crippen LogP contribution in [0.2, 0.25) is 0 Å². The maximum atomic E-state index is 13.2. The molecule has 0 aliphatic heterocycles. The first-order valence-corrected chi connectivity index (χ1v) is 7.43. The Balaban J connectivity index is 2.26. The Morgan fingerprint density at radius 1 is 1.00 bits per heavy atom. The third-order valence-electron chi connectivity index (χ3n) is 3.48. The molecule has 0 radical (unpaired) electrons. The summed E-state index contributed by atoms with van der Waals surface area (Å²) in [5.74, 6) is -0.211. The fourth-order valence-corrected chi connectivity index (χ4v) is 2.48. The van der Waals surface area contributed by atoms with Crippen molar-refractivity contribution in [2.75, 3.05) is 13.2 Å². The predicted octanol–water partition coefficient (Wildman–Crippen LogP) is 4.38. The topological polar surface area (TPSA) is 12.5 Å². The maximum Gasteiger partial charge on any atom is 0.123 e. The van der Waals surface area contributed by atoms with Gasteiger partial charge in [0.15, 0.2) is 0 Å². The van der Waals surface area contributed by atoms with E-state index < -0.39 is 0 Å². The van der Waals surface area contributed by atoms with E-state index >= 15 is 0 Å². The molecule has 0 aliphatic rings. The van der Waals surface area contributed by atoms with Crippen LogP contribution in [0.4, 0.5) is 4.39 Å². The zero-order valence-electron chi connectivity index (χ0n) is 12.6. The van der Waals surface area contributed by atoms with E-state index in [1.54, 1.807) is 0 Å². The van der Waals surface area contributed by atoms with Gasteiger partial charge < -0.3 is 0 Å². The number of hydrogen-bond donors (Lipinski definition) is 0. The Bertz CT molecular complexity index is 527. The van der Waals surface area contributed by atoms with E-state index in [1.807, 2.05) is 42.3 Å². The van der Waals surface area contributed by atoms with Crippen molar-refractivity contribution < 1.29 is 9.23 Å². The van der Waals surface area contributed by atoms with Crippen molar-refractivity contribution in [1.82, 2.24) is 5.06 Å². The van der Waals surface area contributed by atoms with E-state index in [2.05, 4.69) is 19.1 Å². The van der Waals surface area contributed by atoms with Gasteiger partial charge >= 0.3 is 0 Å². The van der Waals surface area contributed by atoms with Crippen molar-refractivity contribution >= 4 is 0 Å². The van der Waals surface area contributed by atoms with Crippen molar-refractivity contribution in [3.8, 4) is 0 Å². The average molecular weight is 287 g/mol. The molecular formula is C18H22FNO. The van der Waals surface area contributed by atoms with Gasteiger partial charge in [0.25, 0.3) is 0 Å². The van der Waals surface area contributed by atoms with Gasteiger partial charge in [0.2, 0.25) is 0 Å². The predicted molar refractivity (Wildman–Crippen MR) is 83.3 cm³/mol. The summed E-state index contributed by atoms with van der Waals surface area (Å²) in [5.41, 5.74) is 2.31. The van der Waals surface area contributed by atoms with E-state index in [9.17, 15) is 4.39 Å². The van der Waals surface area contributed by atoms with Crippen molar-refractivity contribution in [2.45, 2.75) is 26.3 Å². The minimum atomic E-state index is -0.211. The van der Waals surface area contributed by atoms with Crippen molar-refractivity contribution in [3.63, 3.8) is 0 Å². The Labute approximate surface area is 126 Å². The van der Waals surface area contributed by atoms with Crippen LogP contribution in [0, 0.1) is 5.82 Å². The third-order valence-corrected chi connectivity index (χ3v) is 3.48. The molecule has 3 heteroatoms. The Morgan fingerprint density at radius 3 is 2.24 bits per heavy atom. The van der Waals surface area contributed by atoms with E-state index in [4.69, 9.17) is 4.84 Å². The molecule has 21 heavy (non-hydrogen) atoms. The van der Waals surface area contributed by atoms with Crippen LogP contribution in [-0.2, 0) is 11.3 Å². The van der Waals surface area contributed by atoms with E-state index in [0.29, 0.717) is 6.61 Å². The minimum absolute atomic E-state index is 0.0814. The number of hydroxylamine groups is 2. The first-order chi connectivity index (χ1) is 10.2. The van der Waals surface area contributed by atoms with Crippen LogP contribution in [0.3, 0.4) is 0 Å². The van der Waals surface area contributed by atoms with Crippen molar-refractivity contribution in [1.29, 1.82) is 0 Å². The summed E-state index contributed by atoms with van der Waals surface area (Å²) < 4.78 is 13.2. The van der Waals surface area contributed by atoms with E-state index in [1.165, 1.54) is 17.7 Å². The van der Waals surface area contributed by atoms with Gasteiger partial charge in [-0.1, -0.05) is 49.4 Å². The minimum Gasteiger partial charge on any atom is -0.299 e. The molecule has 0 bridgehead atoms. The zero-order valence-corrected chi connectivity index (χ0v) is 12.6. The van der Waals surface area contributed by atoms with Gasteiger partial charge in [-0.3, -0.25) is 4.84 Å². The molecule has 0 spiro atoms. The standard InChI is InChI=1S/C18H22FNO/c1-3-20(21-4-2)18(14-15-8-6-5-7-9-15)16-10-12-17(19)13-11-16/h5-13,18H,3-4,14H2,1-2H3. The molecule has 1 unspecified atom stereocenters. The van der Waals surface area contributed by atoms with Gasteiger partial charge in [0.1, 0.15) is 5.82 Å². The first kappa shape index (κ1) is 15.7. The molecule has 0 N–H and O–H groups in total. The van der Waals surface area contributed by atoms with Crippen LogP contribution in [0.25, 0.3) is 0 Å². The van der Waals surface area contributed by atoms with Gasteiger partial charge in [-0.05, 0) is 36.6 Å². The van der Waals surface area contributed by atoms with Crippen molar-refractivity contribution in [3.05, 3.63) is 71.5 Å². The molecule has 2 aromatic rings. The molecule has 0 heterocycles. The van der Waals surface area contributed by atoms with Gasteiger partial charge in [-0.2, -0.15) is 5.06 Å². The third kappa shape index (κ3) is 4.38. The molecule has 2 nitrogen and oxygen atoms in total. The number of nitrogens with zero attached hydrogens (tertiary/aromatic N) is 1. The van der Waals surface area contributed by atoms with Gasteiger partial charge in [-0.25, -0.2) is 4.39 Å². The highest BCUT2D eigenvalue weighted by Gasteiger charge is 2.20. The largest absolute Gasteiger partial charge is 0.299 e. The Morgan fingerprint density at radius 2 is 1.67 bits per heavy atom. The molecule has 0 aromatic heterocycles. The van der Waals surface area contributed by atoms with Crippen LogP contribution in [0.5, 0.6) is 0 Å². The quantitative estimate of drug-likeness (QED) is 0.701. The monoisotopic (exact) mass is 287 g/mol. The molecule has 2 rings (SSSR count). The van der Waals surface area contributed by atoms with E-state index in [0.717, 1.165) is 18.5 Å². The molecule has 0 saturated heterocycles. The summed E-state index contributed by atoms with van der Waals surface area (Å²) in [6, 6.07) is 17.1. The van der Waals surface area contributed by atoms with Crippen molar-refractivity contribution in [2.24, 2.45) is 0 Å². The summed E-state index contributed by atoms with van der Waals surface area (Å²) >= 11 is 0. The average Bonchev–Trinajstić information content (AvgIpc) is 2.53. The lowest BCUT2D eigenvalue weighted by atomic mass is 9.98. The number of hydrogen-bond acceptors (Lipinski definition) is 2. The second-order valence-corrected chi connectivity index (χ2v) is 4.91. The molecule has 0 aliphatic carbocycles. The van der Waals surface area contributed by atoms with Crippen LogP contribution < -0.4 is 0 Å². The van der Waals surface area contributed by atoms with Gasteiger partial charge in [0.05, 0.1) is 12.6 Å². The Hall–Kier alpha value is -1.71. The van der Waals surface area contributed by atoms with Crippen LogP contribution in [0.1, 0.15) is 31.0 Å². The van der Waals surface area contributed by atoms with Gasteiger partial charge in [-0.15, -0.1) is 0 Å². The molecule has 0 fully saturated rings. The number of benzene rings is 2. The normalized spacial score (nSPS) is 12.6. The maximum absolute atomic E-state index is 13.2. The first-order valence-electron chi connectivity index (χ1n) is 7.43. The lowest BCUT2D eigenvalue weighted by Gasteiger charge is -2.30. The summed E-state index contributed by atoms with van der Waals surface area (Å²) in [4.78, 5) is 5.75. The molecule has 0 amide bonds. The second kappa shape index (κ2) is 7.91. The Kier molecular flexibility index (Phi) is 5.90.